The molecule has 1 aromatic rings. The van der Waals surface area contributed by atoms with Crippen LogP contribution in [0.15, 0.2) is 10.4 Å². The first-order valence-corrected chi connectivity index (χ1v) is 10.1. The van der Waals surface area contributed by atoms with Gasteiger partial charge in [0.2, 0.25) is 0 Å². The summed E-state index contributed by atoms with van der Waals surface area (Å²) in [6.07, 6.45) is 2.36. The molecule has 0 aliphatic rings. The highest BCUT2D eigenvalue weighted by molar-refractivity contribution is 14.0. The van der Waals surface area contributed by atoms with Crippen LogP contribution in [0.5, 0.6) is 0 Å². The van der Waals surface area contributed by atoms with E-state index in [-0.39, 0.29) is 30.1 Å². The van der Waals surface area contributed by atoms with Crippen LogP contribution in [0, 0.1) is 6.92 Å². The van der Waals surface area contributed by atoms with Crippen molar-refractivity contribution >= 4 is 47.4 Å². The number of aliphatic imine (C=N–C) groups is 1. The van der Waals surface area contributed by atoms with Crippen molar-refractivity contribution in [2.75, 3.05) is 26.2 Å². The van der Waals surface area contributed by atoms with Gasteiger partial charge >= 0.3 is 6.09 Å². The molecule has 0 radical (unpaired) electrons. The second kappa shape index (κ2) is 14.0. The Kier molecular flexibility index (Phi) is 13.4. The third-order valence-electron chi connectivity index (χ3n) is 3.14. The number of nitrogens with one attached hydrogen (secondary N) is 3. The minimum Gasteiger partial charge on any atom is -0.444 e. The molecule has 0 atom stereocenters. The molecule has 1 aromatic heterocycles. The predicted octanol–water partition coefficient (Wildman–Crippen LogP) is 3.47. The molecule has 1 amide bonds. The van der Waals surface area contributed by atoms with Crippen LogP contribution in [0.3, 0.4) is 0 Å². The number of thiazole rings is 1. The number of amides is 1. The average Bonchev–Trinajstić information content (AvgIpc) is 2.94. The fourth-order valence-electron chi connectivity index (χ4n) is 2.08. The van der Waals surface area contributed by atoms with E-state index < -0.39 is 5.60 Å². The average molecular weight is 511 g/mol. The van der Waals surface area contributed by atoms with Crippen molar-refractivity contribution in [2.45, 2.75) is 59.5 Å². The topological polar surface area (TPSA) is 87.6 Å². The Labute approximate surface area is 184 Å². The summed E-state index contributed by atoms with van der Waals surface area (Å²) in [7, 11) is 0. The Morgan fingerprint density at radius 3 is 2.52 bits per heavy atom. The number of ether oxygens (including phenoxy) is 1. The highest BCUT2D eigenvalue weighted by Crippen LogP contribution is 2.10. The van der Waals surface area contributed by atoms with Crippen molar-refractivity contribution < 1.29 is 9.53 Å². The van der Waals surface area contributed by atoms with Crippen LogP contribution in [-0.2, 0) is 11.2 Å². The first kappa shape index (κ1) is 25.9. The van der Waals surface area contributed by atoms with E-state index in [1.54, 1.807) is 11.3 Å². The van der Waals surface area contributed by atoms with Crippen molar-refractivity contribution in [3.8, 4) is 0 Å². The maximum Gasteiger partial charge on any atom is 0.407 e. The summed E-state index contributed by atoms with van der Waals surface area (Å²) in [5.74, 6) is 0.806. The third-order valence-corrected chi connectivity index (χ3v) is 4.17. The quantitative estimate of drug-likeness (QED) is 0.205. The minimum absolute atomic E-state index is 0. The van der Waals surface area contributed by atoms with Gasteiger partial charge in [0, 0.05) is 43.7 Å². The lowest BCUT2D eigenvalue weighted by Crippen LogP contribution is -2.38. The Bertz CT molecular complexity index is 572. The molecule has 1 rings (SSSR count). The van der Waals surface area contributed by atoms with Crippen molar-refractivity contribution in [3.05, 3.63) is 16.1 Å². The molecule has 7 nitrogen and oxygen atoms in total. The number of aryl methyl sites for hydroxylation is 2. The van der Waals surface area contributed by atoms with E-state index in [2.05, 4.69) is 31.3 Å². The normalized spacial score (nSPS) is 11.5. The summed E-state index contributed by atoms with van der Waals surface area (Å²) in [6.45, 7) is 12.4. The van der Waals surface area contributed by atoms with Gasteiger partial charge in [0.05, 0.1) is 5.01 Å². The van der Waals surface area contributed by atoms with Crippen LogP contribution in [0.4, 0.5) is 4.79 Å². The Morgan fingerprint density at radius 1 is 1.22 bits per heavy atom. The second-order valence-electron chi connectivity index (χ2n) is 6.96. The van der Waals surface area contributed by atoms with E-state index in [9.17, 15) is 4.79 Å². The molecule has 27 heavy (non-hydrogen) atoms. The Hall–Kier alpha value is -1.10. The van der Waals surface area contributed by atoms with Crippen LogP contribution in [0.25, 0.3) is 0 Å². The number of hydrogen-bond acceptors (Lipinski definition) is 5. The van der Waals surface area contributed by atoms with Gasteiger partial charge in [0.1, 0.15) is 5.60 Å². The molecule has 0 aliphatic carbocycles. The zero-order chi connectivity index (χ0) is 19.4. The molecule has 1 heterocycles. The molecule has 0 bridgehead atoms. The number of rotatable bonds is 9. The minimum atomic E-state index is -0.471. The molecule has 0 aromatic carbocycles. The van der Waals surface area contributed by atoms with Gasteiger partial charge in [-0.3, -0.25) is 4.99 Å². The lowest BCUT2D eigenvalue weighted by Gasteiger charge is -2.19. The third kappa shape index (κ3) is 13.7. The van der Waals surface area contributed by atoms with Gasteiger partial charge in [-0.25, -0.2) is 9.78 Å². The van der Waals surface area contributed by atoms with E-state index >= 15 is 0 Å². The molecule has 0 saturated heterocycles. The molecular weight excluding hydrogens is 477 g/mol. The van der Waals surface area contributed by atoms with Gasteiger partial charge in [-0.05, 0) is 47.5 Å². The number of carbonyl (C=O) groups excluding carboxylic acids is 1. The van der Waals surface area contributed by atoms with Gasteiger partial charge in [-0.1, -0.05) is 0 Å². The van der Waals surface area contributed by atoms with Gasteiger partial charge < -0.3 is 20.7 Å². The van der Waals surface area contributed by atoms with E-state index in [4.69, 9.17) is 4.74 Å². The number of halogens is 1. The SMILES string of the molecule is CCNC(=NCCCNC(=O)OC(C)(C)C)NCCCc1nc(C)cs1.I. The molecule has 0 fully saturated rings. The number of nitrogens with zero attached hydrogens (tertiary/aromatic N) is 2. The smallest absolute Gasteiger partial charge is 0.407 e. The first-order valence-electron chi connectivity index (χ1n) is 9.20. The molecule has 0 spiro atoms. The summed E-state index contributed by atoms with van der Waals surface area (Å²) >= 11 is 1.71. The first-order chi connectivity index (χ1) is 12.3. The predicted molar refractivity (Wildman–Crippen MR) is 123 cm³/mol. The maximum atomic E-state index is 11.6. The zero-order valence-corrected chi connectivity index (χ0v) is 20.2. The highest BCUT2D eigenvalue weighted by atomic mass is 127. The number of alkyl carbamates (subject to hydrolysis) is 1. The van der Waals surface area contributed by atoms with E-state index in [0.29, 0.717) is 13.1 Å². The van der Waals surface area contributed by atoms with Crippen molar-refractivity contribution in [2.24, 2.45) is 4.99 Å². The lowest BCUT2D eigenvalue weighted by molar-refractivity contribution is 0.0527. The van der Waals surface area contributed by atoms with Gasteiger partial charge in [-0.15, -0.1) is 35.3 Å². The summed E-state index contributed by atoms with van der Waals surface area (Å²) in [5.41, 5.74) is 0.620. The summed E-state index contributed by atoms with van der Waals surface area (Å²) in [6, 6.07) is 0. The molecule has 0 aliphatic heterocycles. The number of carbonyl (C=O) groups is 1. The second-order valence-corrected chi connectivity index (χ2v) is 7.90. The maximum absolute atomic E-state index is 11.6. The number of hydrogen-bond donors (Lipinski definition) is 3. The van der Waals surface area contributed by atoms with Gasteiger partial charge in [0.15, 0.2) is 5.96 Å². The van der Waals surface area contributed by atoms with Crippen molar-refractivity contribution in [1.29, 1.82) is 0 Å². The van der Waals surface area contributed by atoms with Crippen molar-refractivity contribution in [1.82, 2.24) is 20.9 Å². The molecule has 0 saturated carbocycles. The van der Waals surface area contributed by atoms with Gasteiger partial charge in [0.25, 0.3) is 0 Å². The van der Waals surface area contributed by atoms with E-state index in [1.165, 1.54) is 5.01 Å². The van der Waals surface area contributed by atoms with Crippen LogP contribution in [-0.4, -0.2) is 48.8 Å². The zero-order valence-electron chi connectivity index (χ0n) is 17.1. The largest absolute Gasteiger partial charge is 0.444 e. The standard InChI is InChI=1S/C18H33N5O2S.HI/c1-6-19-16(20-10-7-9-15-23-14(2)13-26-15)21-11-8-12-22-17(24)25-18(3,4)5;/h13H,6-12H2,1-5H3,(H,22,24)(H2,19,20,21);1H. The summed E-state index contributed by atoms with van der Waals surface area (Å²) in [5, 5.41) is 12.6. The number of aromatic nitrogens is 1. The molecule has 0 unspecified atom stereocenters. The lowest BCUT2D eigenvalue weighted by atomic mass is 10.2. The monoisotopic (exact) mass is 511 g/mol. The van der Waals surface area contributed by atoms with Crippen LogP contribution >= 0.6 is 35.3 Å². The fraction of sp³-hybridized carbons (Fsp3) is 0.722. The Morgan fingerprint density at radius 2 is 1.93 bits per heavy atom. The van der Waals surface area contributed by atoms with Crippen LogP contribution in [0.1, 0.15) is 51.2 Å². The van der Waals surface area contributed by atoms with Gasteiger partial charge in [-0.2, -0.15) is 0 Å². The highest BCUT2D eigenvalue weighted by Gasteiger charge is 2.15. The van der Waals surface area contributed by atoms with Crippen LogP contribution < -0.4 is 16.0 Å². The number of guanidine groups is 1. The fourth-order valence-corrected chi connectivity index (χ4v) is 2.90. The molecular formula is C18H34IN5O2S. The molecule has 9 heteroatoms. The molecule has 3 N–H and O–H groups in total. The summed E-state index contributed by atoms with van der Waals surface area (Å²) < 4.78 is 5.19. The Balaban J connectivity index is 0.00000676. The van der Waals surface area contributed by atoms with Crippen molar-refractivity contribution in [3.63, 3.8) is 0 Å². The van der Waals surface area contributed by atoms with E-state index in [1.807, 2.05) is 34.6 Å². The van der Waals surface area contributed by atoms with E-state index in [0.717, 1.165) is 44.0 Å². The van der Waals surface area contributed by atoms with Crippen LogP contribution in [0.2, 0.25) is 0 Å². The molecule has 156 valence electrons. The summed E-state index contributed by atoms with van der Waals surface area (Å²) in [4.78, 5) is 20.5.